The van der Waals surface area contributed by atoms with E-state index in [1.165, 1.54) is 17.4 Å². The number of carbonyl (C=O) groups is 1. The number of halogens is 2. The molecular formula is C18H12F2N2O3S. The Morgan fingerprint density at radius 2 is 1.96 bits per heavy atom. The number of fused-ring (bicyclic) bond motifs is 2. The van der Waals surface area contributed by atoms with Crippen LogP contribution < -0.4 is 14.3 Å². The number of hydrogen-bond acceptors (Lipinski definition) is 4. The lowest BCUT2D eigenvalue weighted by Crippen LogP contribution is -2.17. The molecule has 1 amide bonds. The van der Waals surface area contributed by atoms with Crippen LogP contribution in [0.1, 0.15) is 10.4 Å². The number of aromatic nitrogens is 1. The van der Waals surface area contributed by atoms with E-state index in [4.69, 9.17) is 9.47 Å². The number of benzene rings is 2. The van der Waals surface area contributed by atoms with Crippen LogP contribution >= 0.6 is 11.3 Å². The summed E-state index contributed by atoms with van der Waals surface area (Å²) in [5, 5.41) is 0. The molecule has 0 bridgehead atoms. The number of ether oxygens (including phenoxy) is 2. The number of nitrogens with zero attached hydrogens (tertiary/aromatic N) is 2. The van der Waals surface area contributed by atoms with Crippen LogP contribution in [-0.4, -0.2) is 17.3 Å². The topological polar surface area (TPSA) is 52.8 Å². The first kappa shape index (κ1) is 16.5. The molecule has 132 valence electrons. The number of allylic oxidation sites excluding steroid dienone is 1. The van der Waals surface area contributed by atoms with Crippen molar-refractivity contribution in [2.24, 2.45) is 4.99 Å². The molecule has 0 radical (unpaired) electrons. The second kappa shape index (κ2) is 6.38. The van der Waals surface area contributed by atoms with Gasteiger partial charge in [0.1, 0.15) is 17.2 Å². The van der Waals surface area contributed by atoms with Crippen LogP contribution in [-0.2, 0) is 6.54 Å². The molecule has 2 aromatic carbocycles. The summed E-state index contributed by atoms with van der Waals surface area (Å²) in [5.41, 5.74) is 0.0870. The first-order chi connectivity index (χ1) is 12.6. The Bertz CT molecular complexity index is 1100. The molecule has 5 nitrogen and oxygen atoms in total. The molecule has 0 N–H and O–H groups in total. The molecule has 0 atom stereocenters. The normalized spacial score (nSPS) is 13.4. The number of amides is 1. The lowest BCUT2D eigenvalue weighted by molar-refractivity contribution is 0.0990. The van der Waals surface area contributed by atoms with Gasteiger partial charge >= 0.3 is 0 Å². The zero-order chi connectivity index (χ0) is 18.3. The summed E-state index contributed by atoms with van der Waals surface area (Å²) < 4.78 is 40.9. The highest BCUT2D eigenvalue weighted by atomic mass is 32.1. The largest absolute Gasteiger partial charge is 0.454 e. The van der Waals surface area contributed by atoms with Gasteiger partial charge in [0.15, 0.2) is 16.3 Å². The Morgan fingerprint density at radius 1 is 1.27 bits per heavy atom. The van der Waals surface area contributed by atoms with Crippen molar-refractivity contribution >= 4 is 27.5 Å². The molecule has 0 saturated heterocycles. The summed E-state index contributed by atoms with van der Waals surface area (Å²) in [4.78, 5) is 16.6. The fraction of sp³-hybridized carbons (Fsp3) is 0.111. The summed E-state index contributed by atoms with van der Waals surface area (Å²) in [6, 6.07) is 6.81. The third-order valence-electron chi connectivity index (χ3n) is 3.86. The maximum atomic E-state index is 13.8. The van der Waals surface area contributed by atoms with Gasteiger partial charge in [-0.25, -0.2) is 8.78 Å². The number of hydrogen-bond donors (Lipinski definition) is 0. The number of rotatable bonds is 3. The highest BCUT2D eigenvalue weighted by Crippen LogP contribution is 2.37. The third-order valence-corrected chi connectivity index (χ3v) is 4.90. The predicted molar refractivity (Wildman–Crippen MR) is 92.4 cm³/mol. The van der Waals surface area contributed by atoms with Crippen molar-refractivity contribution in [2.45, 2.75) is 6.54 Å². The van der Waals surface area contributed by atoms with Crippen LogP contribution in [0, 0.1) is 11.6 Å². The molecule has 26 heavy (non-hydrogen) atoms. The zero-order valence-electron chi connectivity index (χ0n) is 13.4. The Labute approximate surface area is 150 Å². The Hall–Kier alpha value is -3.00. The van der Waals surface area contributed by atoms with Gasteiger partial charge in [-0.2, -0.15) is 4.99 Å². The van der Waals surface area contributed by atoms with Crippen molar-refractivity contribution < 1.29 is 23.0 Å². The zero-order valence-corrected chi connectivity index (χ0v) is 14.2. The average Bonchev–Trinajstić information content (AvgIpc) is 3.17. The minimum Gasteiger partial charge on any atom is -0.454 e. The maximum Gasteiger partial charge on any atom is 0.285 e. The van der Waals surface area contributed by atoms with Gasteiger partial charge in [0.05, 0.1) is 10.2 Å². The molecule has 8 heteroatoms. The van der Waals surface area contributed by atoms with E-state index < -0.39 is 23.1 Å². The third kappa shape index (κ3) is 2.68. The van der Waals surface area contributed by atoms with E-state index in [-0.39, 0.29) is 6.79 Å². The SMILES string of the molecule is C=CCn1c(=NC(=O)c2c(F)cccc2F)sc2cc3c(cc21)OCO3. The first-order valence-corrected chi connectivity index (χ1v) is 8.47. The summed E-state index contributed by atoms with van der Waals surface area (Å²) in [7, 11) is 0. The van der Waals surface area contributed by atoms with Crippen molar-refractivity contribution in [1.82, 2.24) is 4.57 Å². The molecule has 0 aliphatic carbocycles. The van der Waals surface area contributed by atoms with Crippen molar-refractivity contribution in [1.29, 1.82) is 0 Å². The van der Waals surface area contributed by atoms with Crippen LogP contribution in [0.25, 0.3) is 10.2 Å². The van der Waals surface area contributed by atoms with Crippen LogP contribution in [0.5, 0.6) is 11.5 Å². The summed E-state index contributed by atoms with van der Waals surface area (Å²) in [6.07, 6.45) is 1.64. The molecule has 4 rings (SSSR count). The van der Waals surface area contributed by atoms with Crippen LogP contribution in [0.3, 0.4) is 0 Å². The Balaban J connectivity index is 1.90. The van der Waals surface area contributed by atoms with Crippen LogP contribution in [0.2, 0.25) is 0 Å². The van der Waals surface area contributed by atoms with Crippen molar-refractivity contribution in [2.75, 3.05) is 6.79 Å². The fourth-order valence-electron chi connectivity index (χ4n) is 2.70. The first-order valence-electron chi connectivity index (χ1n) is 7.65. The van der Waals surface area contributed by atoms with E-state index in [9.17, 15) is 13.6 Å². The second-order valence-corrected chi connectivity index (χ2v) is 6.48. The fourth-order valence-corrected chi connectivity index (χ4v) is 3.74. The summed E-state index contributed by atoms with van der Waals surface area (Å²) in [6.45, 7) is 4.22. The molecule has 0 spiro atoms. The van der Waals surface area contributed by atoms with E-state index in [2.05, 4.69) is 11.6 Å². The van der Waals surface area contributed by atoms with Gasteiger partial charge in [-0.1, -0.05) is 23.5 Å². The van der Waals surface area contributed by atoms with Crippen LogP contribution in [0.15, 0.2) is 48.0 Å². The van der Waals surface area contributed by atoms with Gasteiger partial charge in [-0.05, 0) is 12.1 Å². The minimum absolute atomic E-state index is 0.149. The lowest BCUT2D eigenvalue weighted by atomic mass is 10.2. The van der Waals surface area contributed by atoms with E-state index in [0.717, 1.165) is 22.3 Å². The average molecular weight is 374 g/mol. The van der Waals surface area contributed by atoms with Gasteiger partial charge in [0, 0.05) is 18.7 Å². The van der Waals surface area contributed by atoms with Gasteiger partial charge < -0.3 is 14.0 Å². The van der Waals surface area contributed by atoms with E-state index >= 15 is 0 Å². The van der Waals surface area contributed by atoms with Gasteiger partial charge in [0.2, 0.25) is 6.79 Å². The molecule has 2 heterocycles. The molecule has 1 aliphatic rings. The molecule has 0 saturated carbocycles. The summed E-state index contributed by atoms with van der Waals surface area (Å²) in [5.74, 6) is -1.69. The Kier molecular flexibility index (Phi) is 4.04. The molecule has 0 unspecified atom stereocenters. The smallest absolute Gasteiger partial charge is 0.285 e. The highest BCUT2D eigenvalue weighted by Gasteiger charge is 2.19. The Morgan fingerprint density at radius 3 is 2.65 bits per heavy atom. The van der Waals surface area contributed by atoms with Gasteiger partial charge in [-0.15, -0.1) is 6.58 Å². The summed E-state index contributed by atoms with van der Waals surface area (Å²) >= 11 is 1.21. The van der Waals surface area contributed by atoms with Crippen molar-refractivity contribution in [3.63, 3.8) is 0 Å². The minimum atomic E-state index is -0.981. The van der Waals surface area contributed by atoms with Crippen LogP contribution in [0.4, 0.5) is 8.78 Å². The van der Waals surface area contributed by atoms with Crippen molar-refractivity contribution in [3.05, 3.63) is 65.0 Å². The molecule has 3 aromatic rings. The van der Waals surface area contributed by atoms with Crippen molar-refractivity contribution in [3.8, 4) is 11.5 Å². The monoisotopic (exact) mass is 374 g/mol. The van der Waals surface area contributed by atoms with E-state index in [0.29, 0.717) is 22.8 Å². The van der Waals surface area contributed by atoms with E-state index in [1.54, 1.807) is 22.8 Å². The quantitative estimate of drug-likeness (QED) is 0.658. The highest BCUT2D eigenvalue weighted by molar-refractivity contribution is 7.16. The second-order valence-electron chi connectivity index (χ2n) is 5.47. The maximum absolute atomic E-state index is 13.8. The standard InChI is InChI=1S/C18H12F2N2O3S/c1-2-6-22-12-7-13-14(25-9-24-13)8-15(12)26-18(22)21-17(23)16-10(19)4-3-5-11(16)20/h2-5,7-8H,1,6,9H2. The predicted octanol–water partition coefficient (Wildman–Crippen LogP) is 3.64. The lowest BCUT2D eigenvalue weighted by Gasteiger charge is -2.03. The van der Waals surface area contributed by atoms with Gasteiger partial charge in [-0.3, -0.25) is 4.79 Å². The number of carbonyl (C=O) groups excluding carboxylic acids is 1. The molecule has 1 aliphatic heterocycles. The molecule has 1 aromatic heterocycles. The molecular weight excluding hydrogens is 362 g/mol. The van der Waals surface area contributed by atoms with Gasteiger partial charge in [0.25, 0.3) is 5.91 Å². The van der Waals surface area contributed by atoms with E-state index in [1.807, 2.05) is 0 Å². The number of thiazole rings is 1. The molecule has 0 fully saturated rings.